The van der Waals surface area contributed by atoms with Crippen LogP contribution in [0.4, 0.5) is 4.39 Å². The van der Waals surface area contributed by atoms with Gasteiger partial charge in [0.05, 0.1) is 5.60 Å². The first-order valence-corrected chi connectivity index (χ1v) is 13.7. The summed E-state index contributed by atoms with van der Waals surface area (Å²) in [4.78, 5) is 16.4. The van der Waals surface area contributed by atoms with Crippen LogP contribution in [0.3, 0.4) is 0 Å². The number of phenols is 2. The van der Waals surface area contributed by atoms with E-state index in [1.807, 2.05) is 6.07 Å². The molecule has 0 unspecified atom stereocenters. The van der Waals surface area contributed by atoms with Crippen molar-refractivity contribution >= 4 is 5.78 Å². The monoisotopic (exact) mass is 532 g/mol. The summed E-state index contributed by atoms with van der Waals surface area (Å²) >= 11 is 0. The Labute approximate surface area is 229 Å². The summed E-state index contributed by atoms with van der Waals surface area (Å²) in [5.74, 6) is -0.704. The van der Waals surface area contributed by atoms with E-state index in [0.717, 1.165) is 30.5 Å². The molecular formula is C32H37FN2O4. The van der Waals surface area contributed by atoms with Crippen LogP contribution in [0.1, 0.15) is 71.1 Å². The minimum Gasteiger partial charge on any atom is -0.508 e. The number of aliphatic hydroxyl groups is 1. The lowest BCUT2D eigenvalue weighted by atomic mass is 9.76. The van der Waals surface area contributed by atoms with Gasteiger partial charge in [-0.05, 0) is 80.6 Å². The third-order valence-corrected chi connectivity index (χ3v) is 7.98. The number of nitrogens with one attached hydrogen (secondary N) is 1. The summed E-state index contributed by atoms with van der Waals surface area (Å²) in [6, 6.07) is 12.9. The zero-order valence-electron chi connectivity index (χ0n) is 22.8. The fraction of sp³-hybridized carbons (Fsp3) is 0.406. The number of nitrogens with zero attached hydrogens (tertiary/aromatic N) is 1. The molecule has 2 aliphatic rings. The van der Waals surface area contributed by atoms with E-state index < -0.39 is 11.4 Å². The molecule has 5 rings (SSSR count). The van der Waals surface area contributed by atoms with Gasteiger partial charge in [0, 0.05) is 54.7 Å². The highest BCUT2D eigenvalue weighted by Crippen LogP contribution is 2.47. The molecule has 3 aromatic rings. The number of carbonyl (C=O) groups is 1. The Morgan fingerprint density at radius 1 is 1.08 bits per heavy atom. The summed E-state index contributed by atoms with van der Waals surface area (Å²) < 4.78 is 14.9. The molecular weight excluding hydrogens is 495 g/mol. The van der Waals surface area contributed by atoms with E-state index in [9.17, 15) is 24.5 Å². The van der Waals surface area contributed by atoms with Gasteiger partial charge < -0.3 is 20.6 Å². The molecule has 1 atom stereocenters. The molecule has 3 aromatic carbocycles. The first-order chi connectivity index (χ1) is 18.5. The van der Waals surface area contributed by atoms with Crippen molar-refractivity contribution in [3.8, 4) is 22.6 Å². The van der Waals surface area contributed by atoms with Crippen LogP contribution in [0.2, 0.25) is 0 Å². The second-order valence-corrected chi connectivity index (χ2v) is 11.7. The second kappa shape index (κ2) is 10.7. The SMILES string of the molecule is Cc1c(F)cccc1-c1c(O)c([C@@H]2CCCNC2)cc(C2CN(CC(C)(C)O)C2)c1C(=O)c1cccc(O)c1. The molecule has 0 spiro atoms. The standard InChI is InChI=1S/C32H37FN2O4/c1-19-24(10-5-11-27(19)33)28-29(30(37)20-7-4-9-23(36)13-20)25(22-16-35(17-22)18-32(2,3)39)14-26(31(28)38)21-8-6-12-34-15-21/h4-5,7,9-11,13-14,21-22,34,36,38-39H,6,8,12,15-18H2,1-3H3/t21-/m1/s1. The lowest BCUT2D eigenvalue weighted by molar-refractivity contribution is 0.00723. The minimum absolute atomic E-state index is 0.00729. The van der Waals surface area contributed by atoms with E-state index in [1.54, 1.807) is 45.0 Å². The zero-order chi connectivity index (χ0) is 27.9. The first-order valence-electron chi connectivity index (χ1n) is 13.7. The molecule has 7 heteroatoms. The van der Waals surface area contributed by atoms with E-state index in [0.29, 0.717) is 54.0 Å². The number of aromatic hydroxyl groups is 2. The van der Waals surface area contributed by atoms with Gasteiger partial charge in [-0.3, -0.25) is 9.69 Å². The van der Waals surface area contributed by atoms with Crippen LogP contribution in [0.15, 0.2) is 48.5 Å². The van der Waals surface area contributed by atoms with Gasteiger partial charge in [0.1, 0.15) is 17.3 Å². The number of hydrogen-bond donors (Lipinski definition) is 4. The van der Waals surface area contributed by atoms with Crippen molar-refractivity contribution in [2.75, 3.05) is 32.7 Å². The van der Waals surface area contributed by atoms with E-state index >= 15 is 0 Å². The van der Waals surface area contributed by atoms with Crippen molar-refractivity contribution in [3.63, 3.8) is 0 Å². The highest BCUT2D eigenvalue weighted by Gasteiger charge is 2.37. The molecule has 0 aromatic heterocycles. The Kier molecular flexibility index (Phi) is 7.51. The molecule has 4 N–H and O–H groups in total. The fourth-order valence-corrected chi connectivity index (χ4v) is 6.09. The lowest BCUT2D eigenvalue weighted by Gasteiger charge is -2.43. The number of carbonyl (C=O) groups excluding carboxylic acids is 1. The van der Waals surface area contributed by atoms with Crippen molar-refractivity contribution in [2.24, 2.45) is 0 Å². The normalized spacial score (nSPS) is 18.6. The van der Waals surface area contributed by atoms with Crippen molar-refractivity contribution in [1.82, 2.24) is 10.2 Å². The van der Waals surface area contributed by atoms with Crippen molar-refractivity contribution in [3.05, 3.63) is 82.2 Å². The maximum atomic E-state index is 14.9. The Morgan fingerprint density at radius 2 is 1.82 bits per heavy atom. The number of phenolic OH excluding ortho intramolecular Hbond substituents is 2. The summed E-state index contributed by atoms with van der Waals surface area (Å²) in [5.41, 5.74) is 2.56. The van der Waals surface area contributed by atoms with E-state index in [4.69, 9.17) is 0 Å². The molecule has 6 nitrogen and oxygen atoms in total. The molecule has 0 amide bonds. The van der Waals surface area contributed by atoms with Crippen molar-refractivity contribution < 1.29 is 24.5 Å². The van der Waals surface area contributed by atoms with Gasteiger partial charge >= 0.3 is 0 Å². The van der Waals surface area contributed by atoms with Crippen molar-refractivity contribution in [1.29, 1.82) is 0 Å². The zero-order valence-corrected chi connectivity index (χ0v) is 22.8. The average Bonchev–Trinajstić information content (AvgIpc) is 2.87. The minimum atomic E-state index is -0.844. The predicted octanol–water partition coefficient (Wildman–Crippen LogP) is 5.08. The smallest absolute Gasteiger partial charge is 0.194 e. The predicted molar refractivity (Wildman–Crippen MR) is 150 cm³/mol. The van der Waals surface area contributed by atoms with Gasteiger partial charge in [-0.15, -0.1) is 0 Å². The summed E-state index contributed by atoms with van der Waals surface area (Å²) in [7, 11) is 0. The number of rotatable bonds is 7. The highest BCUT2D eigenvalue weighted by molar-refractivity contribution is 6.15. The van der Waals surface area contributed by atoms with Gasteiger partial charge in [0.25, 0.3) is 0 Å². The van der Waals surface area contributed by atoms with E-state index in [1.165, 1.54) is 18.2 Å². The van der Waals surface area contributed by atoms with E-state index in [-0.39, 0.29) is 29.1 Å². The Morgan fingerprint density at radius 3 is 2.49 bits per heavy atom. The first kappa shape index (κ1) is 27.3. The Bertz CT molecular complexity index is 1390. The van der Waals surface area contributed by atoms with Crippen LogP contribution in [-0.4, -0.2) is 64.3 Å². The maximum absolute atomic E-state index is 14.9. The van der Waals surface area contributed by atoms with E-state index in [2.05, 4.69) is 10.2 Å². The van der Waals surface area contributed by atoms with Gasteiger partial charge in [0.2, 0.25) is 0 Å². The second-order valence-electron chi connectivity index (χ2n) is 11.7. The molecule has 0 radical (unpaired) electrons. The topological polar surface area (TPSA) is 93.0 Å². The molecule has 2 fully saturated rings. The third kappa shape index (κ3) is 5.57. The number of hydrogen-bond acceptors (Lipinski definition) is 6. The molecule has 0 bridgehead atoms. The number of β-amino-alcohol motifs (C(OH)–C–C–N with tert-alkyl or cyclic N) is 1. The molecule has 206 valence electrons. The fourth-order valence-electron chi connectivity index (χ4n) is 6.09. The third-order valence-electron chi connectivity index (χ3n) is 7.98. The molecule has 2 heterocycles. The van der Waals surface area contributed by atoms with Crippen LogP contribution in [-0.2, 0) is 0 Å². The van der Waals surface area contributed by atoms with Crippen LogP contribution in [0, 0.1) is 12.7 Å². The molecule has 0 saturated carbocycles. The number of ketones is 1. The van der Waals surface area contributed by atoms with Crippen LogP contribution < -0.4 is 5.32 Å². The van der Waals surface area contributed by atoms with Gasteiger partial charge in [-0.25, -0.2) is 4.39 Å². The molecule has 39 heavy (non-hydrogen) atoms. The number of piperidine rings is 1. The Balaban J connectivity index is 1.74. The van der Waals surface area contributed by atoms with Gasteiger partial charge in [-0.2, -0.15) is 0 Å². The Hall–Kier alpha value is -3.26. The van der Waals surface area contributed by atoms with Crippen LogP contribution in [0.5, 0.6) is 11.5 Å². The summed E-state index contributed by atoms with van der Waals surface area (Å²) in [6.45, 7) is 8.65. The molecule has 2 aliphatic heterocycles. The largest absolute Gasteiger partial charge is 0.508 e. The summed E-state index contributed by atoms with van der Waals surface area (Å²) in [5, 5.41) is 35.7. The van der Waals surface area contributed by atoms with Crippen LogP contribution in [0.25, 0.3) is 11.1 Å². The maximum Gasteiger partial charge on any atom is 0.194 e. The number of benzene rings is 3. The highest BCUT2D eigenvalue weighted by atomic mass is 19.1. The quantitative estimate of drug-likeness (QED) is 0.317. The molecule has 2 saturated heterocycles. The lowest BCUT2D eigenvalue weighted by Crippen LogP contribution is -2.51. The van der Waals surface area contributed by atoms with Crippen molar-refractivity contribution in [2.45, 2.75) is 51.0 Å². The molecule has 0 aliphatic carbocycles. The summed E-state index contributed by atoms with van der Waals surface area (Å²) in [6.07, 6.45) is 1.87. The van der Waals surface area contributed by atoms with Gasteiger partial charge in [-0.1, -0.05) is 30.3 Å². The number of halogens is 1. The van der Waals surface area contributed by atoms with Crippen LogP contribution >= 0.6 is 0 Å². The van der Waals surface area contributed by atoms with Gasteiger partial charge in [0.15, 0.2) is 5.78 Å². The number of likely N-dealkylation sites (tertiary alicyclic amines) is 1. The average molecular weight is 533 g/mol.